The van der Waals surface area contributed by atoms with Gasteiger partial charge in [-0.15, -0.1) is 0 Å². The lowest BCUT2D eigenvalue weighted by Gasteiger charge is -2.39. The van der Waals surface area contributed by atoms with Crippen LogP contribution in [-0.4, -0.2) is 23.4 Å². The Morgan fingerprint density at radius 1 is 0.800 bits per heavy atom. The SMILES string of the molecule is OCC(CC(CO)C1CCC1)C1CCC1. The summed E-state index contributed by atoms with van der Waals surface area (Å²) in [6.07, 6.45) is 8.94. The first-order valence-corrected chi connectivity index (χ1v) is 6.57. The van der Waals surface area contributed by atoms with Gasteiger partial charge in [0.2, 0.25) is 0 Å². The number of hydrogen-bond acceptors (Lipinski definition) is 2. The van der Waals surface area contributed by atoms with Gasteiger partial charge in [0.1, 0.15) is 0 Å². The van der Waals surface area contributed by atoms with Crippen LogP contribution in [0.1, 0.15) is 44.9 Å². The second kappa shape index (κ2) is 5.31. The van der Waals surface area contributed by atoms with E-state index < -0.39 is 0 Å². The number of rotatable bonds is 6. The maximum absolute atomic E-state index is 9.40. The topological polar surface area (TPSA) is 40.5 Å². The lowest BCUT2D eigenvalue weighted by molar-refractivity contribution is 0.0508. The normalized spacial score (nSPS) is 26.8. The molecule has 2 atom stereocenters. The van der Waals surface area contributed by atoms with E-state index in [0.717, 1.165) is 18.3 Å². The number of aliphatic hydroxyl groups is 2. The highest BCUT2D eigenvalue weighted by atomic mass is 16.3. The van der Waals surface area contributed by atoms with Gasteiger partial charge in [0.25, 0.3) is 0 Å². The molecule has 0 aromatic heterocycles. The van der Waals surface area contributed by atoms with E-state index in [9.17, 15) is 10.2 Å². The quantitative estimate of drug-likeness (QED) is 0.708. The summed E-state index contributed by atoms with van der Waals surface area (Å²) in [4.78, 5) is 0. The van der Waals surface area contributed by atoms with Crippen LogP contribution in [0.2, 0.25) is 0 Å². The van der Waals surface area contributed by atoms with E-state index in [0.29, 0.717) is 25.0 Å². The minimum absolute atomic E-state index is 0.327. The van der Waals surface area contributed by atoms with E-state index in [1.807, 2.05) is 0 Å². The molecule has 2 N–H and O–H groups in total. The van der Waals surface area contributed by atoms with Crippen LogP contribution in [0.15, 0.2) is 0 Å². The van der Waals surface area contributed by atoms with Crippen LogP contribution in [-0.2, 0) is 0 Å². The Labute approximate surface area is 92.7 Å². The molecule has 0 aromatic rings. The summed E-state index contributed by atoms with van der Waals surface area (Å²) >= 11 is 0. The van der Waals surface area contributed by atoms with Gasteiger partial charge in [-0.2, -0.15) is 0 Å². The van der Waals surface area contributed by atoms with Gasteiger partial charge in [0, 0.05) is 13.2 Å². The number of hydrogen-bond donors (Lipinski definition) is 2. The minimum Gasteiger partial charge on any atom is -0.396 e. The Kier molecular flexibility index (Phi) is 4.04. The molecule has 2 saturated carbocycles. The highest BCUT2D eigenvalue weighted by Gasteiger charge is 2.33. The summed E-state index contributed by atoms with van der Waals surface area (Å²) in [6.45, 7) is 0.655. The van der Waals surface area contributed by atoms with Gasteiger partial charge in [-0.05, 0) is 30.1 Å². The summed E-state index contributed by atoms with van der Waals surface area (Å²) in [5, 5.41) is 18.8. The third-order valence-electron chi connectivity index (χ3n) is 4.71. The molecule has 2 unspecified atom stereocenters. The van der Waals surface area contributed by atoms with E-state index in [2.05, 4.69) is 0 Å². The molecule has 0 bridgehead atoms. The molecule has 0 saturated heterocycles. The van der Waals surface area contributed by atoms with Crippen molar-refractivity contribution in [3.05, 3.63) is 0 Å². The zero-order valence-electron chi connectivity index (χ0n) is 9.57. The minimum atomic E-state index is 0.327. The summed E-state index contributed by atoms with van der Waals surface area (Å²) in [7, 11) is 0. The third-order valence-corrected chi connectivity index (χ3v) is 4.71. The first-order chi connectivity index (χ1) is 7.35. The average molecular weight is 212 g/mol. The fourth-order valence-corrected chi connectivity index (χ4v) is 3.04. The van der Waals surface area contributed by atoms with Crippen molar-refractivity contribution >= 4 is 0 Å². The van der Waals surface area contributed by atoms with Crippen molar-refractivity contribution in [3.63, 3.8) is 0 Å². The summed E-state index contributed by atoms with van der Waals surface area (Å²) < 4.78 is 0. The molecule has 2 nitrogen and oxygen atoms in total. The summed E-state index contributed by atoms with van der Waals surface area (Å²) in [6, 6.07) is 0. The first kappa shape index (κ1) is 11.4. The van der Waals surface area contributed by atoms with Gasteiger partial charge in [-0.3, -0.25) is 0 Å². The molecule has 0 heterocycles. The Bertz CT molecular complexity index is 165. The Balaban J connectivity index is 1.79. The van der Waals surface area contributed by atoms with Gasteiger partial charge >= 0.3 is 0 Å². The van der Waals surface area contributed by atoms with Gasteiger partial charge in [0.15, 0.2) is 0 Å². The Hall–Kier alpha value is -0.0800. The largest absolute Gasteiger partial charge is 0.396 e. The molecule has 0 radical (unpaired) electrons. The average Bonchev–Trinajstić information content (AvgIpc) is 2.09. The third kappa shape index (κ3) is 2.54. The van der Waals surface area contributed by atoms with Crippen LogP contribution in [0.5, 0.6) is 0 Å². The van der Waals surface area contributed by atoms with Gasteiger partial charge in [0.05, 0.1) is 0 Å². The molecule has 0 amide bonds. The maximum atomic E-state index is 9.40. The van der Waals surface area contributed by atoms with Crippen molar-refractivity contribution in [2.75, 3.05) is 13.2 Å². The van der Waals surface area contributed by atoms with E-state index in [4.69, 9.17) is 0 Å². The van der Waals surface area contributed by atoms with Crippen LogP contribution in [0, 0.1) is 23.7 Å². The fraction of sp³-hybridized carbons (Fsp3) is 1.00. The lowest BCUT2D eigenvalue weighted by atomic mass is 9.68. The highest BCUT2D eigenvalue weighted by Crippen LogP contribution is 2.41. The van der Waals surface area contributed by atoms with Crippen LogP contribution >= 0.6 is 0 Å². The van der Waals surface area contributed by atoms with Crippen LogP contribution in [0.4, 0.5) is 0 Å². The molecule has 88 valence electrons. The second-order valence-corrected chi connectivity index (χ2v) is 5.50. The molecule has 0 aromatic carbocycles. The predicted molar refractivity (Wildman–Crippen MR) is 60.5 cm³/mol. The highest BCUT2D eigenvalue weighted by molar-refractivity contribution is 4.83. The van der Waals surface area contributed by atoms with Crippen LogP contribution in [0.3, 0.4) is 0 Å². The van der Waals surface area contributed by atoms with E-state index >= 15 is 0 Å². The van der Waals surface area contributed by atoms with Crippen LogP contribution < -0.4 is 0 Å². The van der Waals surface area contributed by atoms with Gasteiger partial charge in [-0.1, -0.05) is 38.5 Å². The van der Waals surface area contributed by atoms with Crippen molar-refractivity contribution in [3.8, 4) is 0 Å². The van der Waals surface area contributed by atoms with Crippen molar-refractivity contribution < 1.29 is 10.2 Å². The number of aliphatic hydroxyl groups excluding tert-OH is 2. The standard InChI is InChI=1S/C13H24O2/c14-8-12(10-3-1-4-10)7-13(9-15)11-5-2-6-11/h10-15H,1-9H2. The van der Waals surface area contributed by atoms with Crippen molar-refractivity contribution in [1.29, 1.82) is 0 Å². The lowest BCUT2D eigenvalue weighted by Crippen LogP contribution is -2.32. The van der Waals surface area contributed by atoms with Crippen molar-refractivity contribution in [2.45, 2.75) is 44.9 Å². The van der Waals surface area contributed by atoms with E-state index in [1.165, 1.54) is 38.5 Å². The van der Waals surface area contributed by atoms with Gasteiger partial charge in [-0.25, -0.2) is 0 Å². The Morgan fingerprint density at radius 3 is 1.40 bits per heavy atom. The molecular formula is C13H24O2. The van der Waals surface area contributed by atoms with Crippen molar-refractivity contribution in [1.82, 2.24) is 0 Å². The van der Waals surface area contributed by atoms with Crippen molar-refractivity contribution in [2.24, 2.45) is 23.7 Å². The zero-order valence-corrected chi connectivity index (χ0v) is 9.57. The molecule has 15 heavy (non-hydrogen) atoms. The van der Waals surface area contributed by atoms with E-state index in [-0.39, 0.29) is 0 Å². The molecule has 2 aliphatic rings. The zero-order chi connectivity index (χ0) is 10.7. The molecule has 0 aliphatic heterocycles. The second-order valence-electron chi connectivity index (χ2n) is 5.50. The van der Waals surface area contributed by atoms with Crippen LogP contribution in [0.25, 0.3) is 0 Å². The maximum Gasteiger partial charge on any atom is 0.0462 e. The summed E-state index contributed by atoms with van der Waals surface area (Å²) in [5.74, 6) is 2.45. The van der Waals surface area contributed by atoms with Gasteiger partial charge < -0.3 is 10.2 Å². The van der Waals surface area contributed by atoms with E-state index in [1.54, 1.807) is 0 Å². The molecule has 2 rings (SSSR count). The summed E-state index contributed by atoms with van der Waals surface area (Å²) in [5.41, 5.74) is 0. The molecule has 2 heteroatoms. The Morgan fingerprint density at radius 2 is 1.20 bits per heavy atom. The molecule has 0 spiro atoms. The fourth-order valence-electron chi connectivity index (χ4n) is 3.04. The first-order valence-electron chi connectivity index (χ1n) is 6.57. The monoisotopic (exact) mass is 212 g/mol. The predicted octanol–water partition coefficient (Wildman–Crippen LogP) is 2.19. The molecular weight excluding hydrogens is 188 g/mol. The molecule has 2 fully saturated rings. The smallest absolute Gasteiger partial charge is 0.0462 e. The molecule has 2 aliphatic carbocycles.